The maximum absolute atomic E-state index is 4.76. The van der Waals surface area contributed by atoms with Gasteiger partial charge in [0.1, 0.15) is 0 Å². The van der Waals surface area contributed by atoms with Gasteiger partial charge >= 0.3 is 164 Å². The number of fused-ring (bicyclic) bond motifs is 1. The third kappa shape index (κ3) is 5.18. The summed E-state index contributed by atoms with van der Waals surface area (Å²) < 4.78 is 8.82. The Morgan fingerprint density at radius 2 is 1.52 bits per heavy atom. The molecule has 0 aliphatic heterocycles. The molecule has 2 nitrogen and oxygen atoms in total. The molecular weight excluding hydrogens is 431 g/mol. The number of hydrogen-bond acceptors (Lipinski definition) is 2. The Kier molecular flexibility index (Phi) is 9.18. The van der Waals surface area contributed by atoms with Crippen LogP contribution in [0.2, 0.25) is 13.3 Å². The van der Waals surface area contributed by atoms with Crippen molar-refractivity contribution in [1.82, 2.24) is 9.38 Å². The van der Waals surface area contributed by atoms with E-state index in [-0.39, 0.29) is 0 Å². The third-order valence-corrected chi connectivity index (χ3v) is 21.6. The van der Waals surface area contributed by atoms with Crippen LogP contribution >= 0.6 is 11.8 Å². The van der Waals surface area contributed by atoms with Gasteiger partial charge in [0.25, 0.3) is 0 Å². The van der Waals surface area contributed by atoms with Crippen molar-refractivity contribution in [2.45, 2.75) is 84.7 Å². The number of pyridine rings is 1. The number of aromatic nitrogens is 2. The first-order valence-electron chi connectivity index (χ1n) is 10.3. The summed E-state index contributed by atoms with van der Waals surface area (Å²) in [6.07, 6.45) is 10.3. The van der Waals surface area contributed by atoms with Gasteiger partial charge in [0.15, 0.2) is 0 Å². The normalized spacial score (nSPS) is 12.2. The van der Waals surface area contributed by atoms with Gasteiger partial charge in [0, 0.05) is 0 Å². The fourth-order valence-corrected chi connectivity index (χ4v) is 21.4. The molecule has 0 amide bonds. The molecule has 0 fully saturated rings. The van der Waals surface area contributed by atoms with Crippen molar-refractivity contribution in [3.63, 3.8) is 0 Å². The fraction of sp³-hybridized carbons (Fsp3) is 0.667. The molecule has 0 unspecified atom stereocenters. The van der Waals surface area contributed by atoms with E-state index in [0.717, 1.165) is 5.75 Å². The first kappa shape index (κ1) is 21.1. The number of hydrogen-bond donors (Lipinski definition) is 0. The summed E-state index contributed by atoms with van der Waals surface area (Å²) in [5, 5.41) is 1.22. The van der Waals surface area contributed by atoms with Crippen LogP contribution < -0.4 is 3.71 Å². The second kappa shape index (κ2) is 10.9. The van der Waals surface area contributed by atoms with Crippen molar-refractivity contribution in [3.8, 4) is 0 Å². The Balaban J connectivity index is 2.57. The minimum atomic E-state index is -2.44. The molecule has 0 bridgehead atoms. The number of unbranched alkanes of at least 4 members (excludes halogenated alkanes) is 3. The average molecular weight is 467 g/mol. The van der Waals surface area contributed by atoms with Crippen molar-refractivity contribution >= 4 is 39.4 Å². The topological polar surface area (TPSA) is 17.3 Å². The molecular formula is C21H36N2SSn. The summed E-state index contributed by atoms with van der Waals surface area (Å²) >= 11 is -0.542. The molecule has 0 aliphatic rings. The zero-order chi connectivity index (χ0) is 18.1. The first-order valence-corrected chi connectivity index (χ1v) is 18.8. The Morgan fingerprint density at radius 3 is 2.04 bits per heavy atom. The Hall–Kier alpha value is -0.161. The molecule has 2 heterocycles. The minimum absolute atomic E-state index is 1.09. The third-order valence-electron chi connectivity index (χ3n) is 5.36. The molecule has 0 aliphatic carbocycles. The molecule has 140 valence electrons. The van der Waals surface area contributed by atoms with Crippen molar-refractivity contribution in [2.75, 3.05) is 5.75 Å². The maximum atomic E-state index is 4.76. The molecule has 0 spiro atoms. The molecule has 0 saturated carbocycles. The summed E-state index contributed by atoms with van der Waals surface area (Å²) in [5.74, 6) is 1.09. The Labute approximate surface area is 163 Å². The molecule has 0 saturated heterocycles. The molecule has 0 N–H and O–H groups in total. The molecule has 0 atom stereocenters. The van der Waals surface area contributed by atoms with Gasteiger partial charge in [-0.3, -0.25) is 0 Å². The van der Waals surface area contributed by atoms with Gasteiger partial charge in [-0.1, -0.05) is 0 Å². The van der Waals surface area contributed by atoms with Gasteiger partial charge in [0.2, 0.25) is 0 Å². The summed E-state index contributed by atoms with van der Waals surface area (Å²) in [6.45, 7) is 9.29. The Bertz CT molecular complexity index is 616. The van der Waals surface area contributed by atoms with Gasteiger partial charge in [-0.15, -0.1) is 0 Å². The Morgan fingerprint density at radius 1 is 0.920 bits per heavy atom. The van der Waals surface area contributed by atoms with Crippen LogP contribution in [0.3, 0.4) is 0 Å². The van der Waals surface area contributed by atoms with Gasteiger partial charge < -0.3 is 0 Å². The molecule has 2 aromatic heterocycles. The second-order valence-electron chi connectivity index (χ2n) is 7.24. The van der Waals surface area contributed by atoms with Crippen LogP contribution in [-0.2, 0) is 0 Å². The summed E-state index contributed by atoms with van der Waals surface area (Å²) in [6, 6.07) is 7.01. The zero-order valence-corrected chi connectivity index (χ0v) is 20.4. The van der Waals surface area contributed by atoms with Gasteiger partial charge in [-0.2, -0.15) is 0 Å². The van der Waals surface area contributed by atoms with E-state index in [4.69, 9.17) is 4.98 Å². The van der Waals surface area contributed by atoms with E-state index in [9.17, 15) is 0 Å². The van der Waals surface area contributed by atoms with E-state index in [0.29, 0.717) is 0 Å². The van der Waals surface area contributed by atoms with Crippen molar-refractivity contribution in [3.05, 3.63) is 24.4 Å². The van der Waals surface area contributed by atoms with Crippen molar-refractivity contribution < 1.29 is 0 Å². The number of thioether (sulfide) groups is 1. The van der Waals surface area contributed by atoms with E-state index < -0.39 is 18.4 Å². The zero-order valence-electron chi connectivity index (χ0n) is 16.7. The number of nitrogens with zero attached hydrogens (tertiary/aromatic N) is 2. The van der Waals surface area contributed by atoms with E-state index >= 15 is 0 Å². The van der Waals surface area contributed by atoms with E-state index in [1.54, 1.807) is 3.71 Å². The quantitative estimate of drug-likeness (QED) is 0.262. The second-order valence-corrected chi connectivity index (χ2v) is 21.5. The van der Waals surface area contributed by atoms with Crippen LogP contribution in [0.4, 0.5) is 0 Å². The van der Waals surface area contributed by atoms with E-state index in [1.165, 1.54) is 62.5 Å². The molecule has 4 heteroatoms. The van der Waals surface area contributed by atoms with Crippen LogP contribution in [-0.4, -0.2) is 33.5 Å². The van der Waals surface area contributed by atoms with E-state index in [1.807, 2.05) is 11.8 Å². The summed E-state index contributed by atoms with van der Waals surface area (Å²) in [4.78, 5) is 4.76. The molecule has 0 aromatic carbocycles. The van der Waals surface area contributed by atoms with Crippen LogP contribution in [0, 0.1) is 0 Å². The standard InChI is InChI=1S/C9H9N2S.3C4H9.Sn/c1-2-12-9-10-7-8-5-3-4-6-11(8)9;3*1-3-4-2;/h3-5,7H,2H2,1H3;3*1,3-4H2,2H3;. The van der Waals surface area contributed by atoms with Crippen LogP contribution in [0.15, 0.2) is 29.6 Å². The SMILES string of the molecule is CCC[CH2][Sn]([CH2]CCC)([CH2]CCC)[c]1cccc2cnc(SCC)n12. The fourth-order valence-electron chi connectivity index (χ4n) is 3.97. The van der Waals surface area contributed by atoms with Gasteiger partial charge in [0.05, 0.1) is 0 Å². The van der Waals surface area contributed by atoms with Crippen LogP contribution in [0.5, 0.6) is 0 Å². The monoisotopic (exact) mass is 468 g/mol. The van der Waals surface area contributed by atoms with Gasteiger partial charge in [-0.05, 0) is 0 Å². The average Bonchev–Trinajstić information content (AvgIpc) is 3.05. The van der Waals surface area contributed by atoms with Crippen molar-refractivity contribution in [1.29, 1.82) is 0 Å². The number of rotatable bonds is 12. The predicted molar refractivity (Wildman–Crippen MR) is 116 cm³/mol. The first-order chi connectivity index (χ1) is 12.2. The molecule has 2 rings (SSSR count). The molecule has 25 heavy (non-hydrogen) atoms. The van der Waals surface area contributed by atoms with Gasteiger partial charge in [-0.25, -0.2) is 0 Å². The predicted octanol–water partition coefficient (Wildman–Crippen LogP) is 6.50. The summed E-state index contributed by atoms with van der Waals surface area (Å²) in [7, 11) is 0. The molecule has 0 radical (unpaired) electrons. The van der Waals surface area contributed by atoms with Crippen LogP contribution in [0.25, 0.3) is 5.52 Å². The van der Waals surface area contributed by atoms with Crippen LogP contribution in [0.1, 0.15) is 66.2 Å². The number of imidazole rings is 1. The van der Waals surface area contributed by atoms with E-state index in [2.05, 4.69) is 56.5 Å². The summed E-state index contributed by atoms with van der Waals surface area (Å²) in [5.41, 5.74) is 1.30. The molecule has 2 aromatic rings. The van der Waals surface area contributed by atoms with Crippen molar-refractivity contribution in [2.24, 2.45) is 0 Å².